The molecule has 2 N–H and O–H groups in total. The molecule has 2 aromatic rings. The van der Waals surface area contributed by atoms with Gasteiger partial charge in [0, 0.05) is 11.6 Å². The standard InChI is InChI=1S/C17H18F3N3/c18-17(19,20)15-6-4-14(5-7-15)13-22-9-11-23(12-10-22)16-3-1-2-8-21-16/h1-8H,9-13H2/p+2. The van der Waals surface area contributed by atoms with E-state index in [-0.39, 0.29) is 0 Å². The molecule has 0 saturated carbocycles. The number of pyridine rings is 1. The van der Waals surface area contributed by atoms with Crippen molar-refractivity contribution in [1.29, 1.82) is 0 Å². The molecule has 0 unspecified atom stereocenters. The monoisotopic (exact) mass is 323 g/mol. The summed E-state index contributed by atoms with van der Waals surface area (Å²) in [7, 11) is 0. The van der Waals surface area contributed by atoms with Crippen LogP contribution < -0.4 is 14.8 Å². The molecule has 0 bridgehead atoms. The number of rotatable bonds is 3. The number of anilines is 1. The Morgan fingerprint density at radius 2 is 1.70 bits per heavy atom. The summed E-state index contributed by atoms with van der Waals surface area (Å²) in [4.78, 5) is 6.93. The molecule has 0 aliphatic carbocycles. The molecular formula is C17H20F3N3+2. The van der Waals surface area contributed by atoms with Gasteiger partial charge in [-0.3, -0.25) is 4.90 Å². The minimum atomic E-state index is -4.26. The number of aromatic amines is 1. The lowest BCUT2D eigenvalue weighted by Crippen LogP contribution is -3.13. The molecule has 1 aromatic heterocycles. The van der Waals surface area contributed by atoms with E-state index in [4.69, 9.17) is 0 Å². The smallest absolute Gasteiger partial charge is 0.325 e. The number of quaternary nitrogens is 1. The topological polar surface area (TPSA) is 21.8 Å². The zero-order valence-electron chi connectivity index (χ0n) is 12.7. The number of H-pyrrole nitrogens is 1. The van der Waals surface area contributed by atoms with E-state index in [2.05, 4.69) is 16.0 Å². The number of halogens is 3. The summed E-state index contributed by atoms with van der Waals surface area (Å²) in [5.74, 6) is 1.11. The number of piperazine rings is 1. The predicted octanol–water partition coefficient (Wildman–Crippen LogP) is 1.42. The molecule has 1 aliphatic heterocycles. The van der Waals surface area contributed by atoms with Gasteiger partial charge >= 0.3 is 6.18 Å². The third-order valence-electron chi connectivity index (χ3n) is 4.24. The molecule has 1 fully saturated rings. The van der Waals surface area contributed by atoms with E-state index >= 15 is 0 Å². The van der Waals surface area contributed by atoms with Crippen molar-refractivity contribution in [1.82, 2.24) is 0 Å². The SMILES string of the molecule is FC(F)(F)c1ccc(C[NH+]2CCN(c3cccc[nH+]3)CC2)cc1. The molecule has 0 spiro atoms. The number of alkyl halides is 3. The van der Waals surface area contributed by atoms with Crippen LogP contribution in [-0.2, 0) is 12.7 Å². The molecule has 1 saturated heterocycles. The molecule has 2 heterocycles. The first-order valence-corrected chi connectivity index (χ1v) is 7.74. The highest BCUT2D eigenvalue weighted by Gasteiger charge is 2.30. The van der Waals surface area contributed by atoms with Gasteiger partial charge in [-0.05, 0) is 18.2 Å². The third kappa shape index (κ3) is 4.01. The number of aromatic nitrogens is 1. The van der Waals surface area contributed by atoms with E-state index in [9.17, 15) is 13.2 Å². The van der Waals surface area contributed by atoms with Crippen molar-refractivity contribution in [2.75, 3.05) is 31.1 Å². The van der Waals surface area contributed by atoms with E-state index in [1.54, 1.807) is 12.1 Å². The third-order valence-corrected chi connectivity index (χ3v) is 4.24. The second kappa shape index (κ2) is 6.58. The molecule has 1 aliphatic rings. The fourth-order valence-corrected chi connectivity index (χ4v) is 2.92. The van der Waals surface area contributed by atoms with Crippen LogP contribution in [0.3, 0.4) is 0 Å². The van der Waals surface area contributed by atoms with Gasteiger partial charge in [-0.2, -0.15) is 13.2 Å². The van der Waals surface area contributed by atoms with Gasteiger partial charge in [0.05, 0.1) is 11.8 Å². The molecule has 3 rings (SSSR count). The van der Waals surface area contributed by atoms with Crippen LogP contribution in [0.15, 0.2) is 48.7 Å². The lowest BCUT2D eigenvalue weighted by Gasteiger charge is -2.28. The normalized spacial score (nSPS) is 16.6. The number of hydrogen-bond donors (Lipinski definition) is 1. The van der Waals surface area contributed by atoms with Gasteiger partial charge in [0.1, 0.15) is 32.7 Å². The maximum atomic E-state index is 12.6. The van der Waals surface area contributed by atoms with Gasteiger partial charge in [0.25, 0.3) is 5.82 Å². The van der Waals surface area contributed by atoms with Crippen molar-refractivity contribution in [2.24, 2.45) is 0 Å². The van der Waals surface area contributed by atoms with E-state index in [0.717, 1.165) is 44.1 Å². The van der Waals surface area contributed by atoms with E-state index in [1.807, 2.05) is 18.3 Å². The van der Waals surface area contributed by atoms with Crippen molar-refractivity contribution in [3.8, 4) is 0 Å². The van der Waals surface area contributed by atoms with E-state index in [0.29, 0.717) is 0 Å². The molecule has 23 heavy (non-hydrogen) atoms. The first-order chi connectivity index (χ1) is 11.0. The van der Waals surface area contributed by atoms with Crippen molar-refractivity contribution >= 4 is 5.82 Å². The van der Waals surface area contributed by atoms with Gasteiger partial charge in [0.15, 0.2) is 0 Å². The van der Waals surface area contributed by atoms with Crippen LogP contribution in [-0.4, -0.2) is 26.2 Å². The Labute approximate surface area is 133 Å². The van der Waals surface area contributed by atoms with Crippen LogP contribution in [0.5, 0.6) is 0 Å². The molecule has 1 aromatic carbocycles. The van der Waals surface area contributed by atoms with Crippen molar-refractivity contribution in [3.63, 3.8) is 0 Å². The minimum absolute atomic E-state index is 0.583. The minimum Gasteiger partial charge on any atom is -0.325 e. The van der Waals surface area contributed by atoms with Crippen LogP contribution in [0.1, 0.15) is 11.1 Å². The molecule has 0 amide bonds. The molecule has 0 atom stereocenters. The van der Waals surface area contributed by atoms with Crippen LogP contribution >= 0.6 is 0 Å². The second-order valence-electron chi connectivity index (χ2n) is 5.86. The number of nitrogens with zero attached hydrogens (tertiary/aromatic N) is 1. The fraction of sp³-hybridized carbons (Fsp3) is 0.353. The van der Waals surface area contributed by atoms with Crippen LogP contribution in [0.2, 0.25) is 0 Å². The zero-order chi connectivity index (χ0) is 16.3. The first-order valence-electron chi connectivity index (χ1n) is 7.74. The summed E-state index contributed by atoms with van der Waals surface area (Å²) in [6, 6.07) is 11.5. The van der Waals surface area contributed by atoms with E-state index in [1.165, 1.54) is 17.0 Å². The van der Waals surface area contributed by atoms with Gasteiger partial charge in [-0.1, -0.05) is 18.2 Å². The Bertz CT molecular complexity index is 618. The average molecular weight is 323 g/mol. The Balaban J connectivity index is 1.55. The van der Waals surface area contributed by atoms with Gasteiger partial charge in [-0.25, -0.2) is 4.98 Å². The predicted molar refractivity (Wildman–Crippen MR) is 81.1 cm³/mol. The Hall–Kier alpha value is -2.08. The van der Waals surface area contributed by atoms with Crippen LogP contribution in [0.25, 0.3) is 0 Å². The summed E-state index contributed by atoms with van der Waals surface area (Å²) in [6.07, 6.45) is -2.35. The van der Waals surface area contributed by atoms with Gasteiger partial charge in [-0.15, -0.1) is 0 Å². The highest BCUT2D eigenvalue weighted by molar-refractivity contribution is 5.32. The fourth-order valence-electron chi connectivity index (χ4n) is 2.92. The van der Waals surface area contributed by atoms with Crippen molar-refractivity contribution < 1.29 is 23.1 Å². The molecule has 3 nitrogen and oxygen atoms in total. The molecule has 6 heteroatoms. The van der Waals surface area contributed by atoms with E-state index < -0.39 is 11.7 Å². The van der Waals surface area contributed by atoms with Gasteiger partial charge in [0.2, 0.25) is 0 Å². The highest BCUT2D eigenvalue weighted by Crippen LogP contribution is 2.28. The lowest BCUT2D eigenvalue weighted by atomic mass is 10.1. The number of hydrogen-bond acceptors (Lipinski definition) is 1. The molecular weight excluding hydrogens is 303 g/mol. The van der Waals surface area contributed by atoms with Crippen LogP contribution in [0.4, 0.5) is 19.0 Å². The Kier molecular flexibility index (Phi) is 4.52. The lowest BCUT2D eigenvalue weighted by molar-refractivity contribution is -0.914. The van der Waals surface area contributed by atoms with Crippen molar-refractivity contribution in [3.05, 3.63) is 59.8 Å². The second-order valence-corrected chi connectivity index (χ2v) is 5.86. The molecule has 122 valence electrons. The number of nitrogens with one attached hydrogen (secondary N) is 2. The summed E-state index contributed by atoms with van der Waals surface area (Å²) in [5.41, 5.74) is 0.369. The summed E-state index contributed by atoms with van der Waals surface area (Å²) < 4.78 is 37.7. The summed E-state index contributed by atoms with van der Waals surface area (Å²) in [5, 5.41) is 0. The average Bonchev–Trinajstić information content (AvgIpc) is 2.56. The zero-order valence-corrected chi connectivity index (χ0v) is 12.7. The largest absolute Gasteiger partial charge is 0.416 e. The maximum Gasteiger partial charge on any atom is 0.416 e. The van der Waals surface area contributed by atoms with Gasteiger partial charge < -0.3 is 4.90 Å². The molecule has 0 radical (unpaired) electrons. The number of benzene rings is 1. The highest BCUT2D eigenvalue weighted by atomic mass is 19.4. The quantitative estimate of drug-likeness (QED) is 0.907. The maximum absolute atomic E-state index is 12.6. The first kappa shape index (κ1) is 15.8. The van der Waals surface area contributed by atoms with Crippen molar-refractivity contribution in [2.45, 2.75) is 12.7 Å². The summed E-state index contributed by atoms with van der Waals surface area (Å²) in [6.45, 7) is 4.60. The Morgan fingerprint density at radius 3 is 2.26 bits per heavy atom. The van der Waals surface area contributed by atoms with Crippen LogP contribution in [0, 0.1) is 0 Å². The Morgan fingerprint density at radius 1 is 1.00 bits per heavy atom. The summed E-state index contributed by atoms with van der Waals surface area (Å²) >= 11 is 0.